The number of nitrogens with one attached hydrogen (secondary N) is 1. The summed E-state index contributed by atoms with van der Waals surface area (Å²) < 4.78 is 5.82. The zero-order valence-electron chi connectivity index (χ0n) is 17.7. The Balaban J connectivity index is 1.44. The maximum Gasteiger partial charge on any atom is 0.220 e. The number of aromatic hydroxyl groups is 1. The molecule has 4 rings (SSSR count). The van der Waals surface area contributed by atoms with Crippen molar-refractivity contribution in [3.63, 3.8) is 0 Å². The first-order chi connectivity index (χ1) is 15.0. The molecule has 0 fully saturated rings. The van der Waals surface area contributed by atoms with Crippen molar-refractivity contribution in [3.05, 3.63) is 88.5 Å². The third-order valence-electron chi connectivity index (χ3n) is 5.79. The van der Waals surface area contributed by atoms with Gasteiger partial charge in [-0.2, -0.15) is 0 Å². The number of carbonyl (C=O) groups excluding carboxylic acids is 1. The van der Waals surface area contributed by atoms with Gasteiger partial charge in [-0.3, -0.25) is 4.79 Å². The zero-order valence-corrected chi connectivity index (χ0v) is 17.7. The Bertz CT molecular complexity index is 1060. The van der Waals surface area contributed by atoms with Crippen molar-refractivity contribution in [3.8, 4) is 11.5 Å². The number of ether oxygens (including phenoxy) is 1. The van der Waals surface area contributed by atoms with Crippen LogP contribution in [0.15, 0.2) is 60.7 Å². The molecule has 1 amide bonds. The summed E-state index contributed by atoms with van der Waals surface area (Å²) in [5.41, 5.74) is 11.8. The van der Waals surface area contributed by atoms with Gasteiger partial charge in [0.2, 0.25) is 5.91 Å². The highest BCUT2D eigenvalue weighted by Crippen LogP contribution is 2.33. The molecule has 0 aliphatic carbocycles. The fourth-order valence-electron chi connectivity index (χ4n) is 4.21. The Morgan fingerprint density at radius 2 is 1.94 bits per heavy atom. The number of anilines is 1. The number of nitrogens with two attached hydrogens (primary N) is 1. The van der Waals surface area contributed by atoms with Crippen molar-refractivity contribution >= 4 is 11.6 Å². The minimum absolute atomic E-state index is 0.0156. The van der Waals surface area contributed by atoms with Gasteiger partial charge in [0.15, 0.2) is 0 Å². The molecule has 5 heteroatoms. The van der Waals surface area contributed by atoms with Crippen molar-refractivity contribution in [2.75, 3.05) is 12.3 Å². The zero-order chi connectivity index (χ0) is 21.8. The minimum atomic E-state index is -0.0646. The van der Waals surface area contributed by atoms with Crippen LogP contribution in [-0.2, 0) is 17.6 Å². The lowest BCUT2D eigenvalue weighted by Crippen LogP contribution is -2.32. The van der Waals surface area contributed by atoms with Gasteiger partial charge in [-0.25, -0.2) is 0 Å². The number of fused-ring (bicyclic) bond motifs is 1. The van der Waals surface area contributed by atoms with Gasteiger partial charge >= 0.3 is 0 Å². The predicted molar refractivity (Wildman–Crippen MR) is 122 cm³/mol. The molecule has 0 spiro atoms. The molecule has 0 radical (unpaired) electrons. The quantitative estimate of drug-likeness (QED) is 0.519. The number of benzene rings is 3. The lowest BCUT2D eigenvalue weighted by atomic mass is 9.95. The van der Waals surface area contributed by atoms with Gasteiger partial charge < -0.3 is 20.9 Å². The second-order valence-electron chi connectivity index (χ2n) is 8.12. The summed E-state index contributed by atoms with van der Waals surface area (Å²) in [6, 6.07) is 19.7. The molecule has 1 atom stereocenters. The Morgan fingerprint density at radius 1 is 1.13 bits per heavy atom. The number of carbonyl (C=O) groups is 1. The summed E-state index contributed by atoms with van der Waals surface area (Å²) in [6.45, 7) is 2.48. The number of phenols is 1. The van der Waals surface area contributed by atoms with E-state index in [1.165, 1.54) is 17.2 Å². The third-order valence-corrected chi connectivity index (χ3v) is 5.79. The highest BCUT2D eigenvalue weighted by Gasteiger charge is 2.23. The van der Waals surface area contributed by atoms with Gasteiger partial charge in [-0.05, 0) is 60.2 Å². The standard InChI is InChI=1S/C26H28N2O3/c1-17-13-20(29)16-23(27)21(17)8-10-26(30)28-24-11-12-31-25-9-7-19(15-22(24)25)14-18-5-3-2-4-6-18/h2-7,9,13,15-16,24,29H,8,10-12,14,27H2,1H3,(H,28,30). The lowest BCUT2D eigenvalue weighted by molar-refractivity contribution is -0.122. The average Bonchev–Trinajstić information content (AvgIpc) is 2.74. The normalized spacial score (nSPS) is 15.1. The molecule has 0 bridgehead atoms. The molecule has 5 nitrogen and oxygen atoms in total. The van der Waals surface area contributed by atoms with E-state index in [0.29, 0.717) is 25.1 Å². The molecule has 1 unspecified atom stereocenters. The van der Waals surface area contributed by atoms with E-state index in [1.54, 1.807) is 6.07 Å². The Hall–Kier alpha value is -3.47. The first kappa shape index (κ1) is 20.8. The van der Waals surface area contributed by atoms with E-state index in [4.69, 9.17) is 10.5 Å². The highest BCUT2D eigenvalue weighted by molar-refractivity contribution is 5.77. The fraction of sp³-hybridized carbons (Fsp3) is 0.269. The summed E-state index contributed by atoms with van der Waals surface area (Å²) in [6.07, 6.45) is 2.46. The van der Waals surface area contributed by atoms with Crippen LogP contribution in [0.4, 0.5) is 5.69 Å². The molecule has 3 aromatic rings. The molecule has 4 N–H and O–H groups in total. The molecule has 0 saturated carbocycles. The first-order valence-electron chi connectivity index (χ1n) is 10.7. The predicted octanol–water partition coefficient (Wildman–Crippen LogP) is 4.45. The van der Waals surface area contributed by atoms with E-state index in [1.807, 2.05) is 31.2 Å². The minimum Gasteiger partial charge on any atom is -0.508 e. The second kappa shape index (κ2) is 9.13. The summed E-state index contributed by atoms with van der Waals surface area (Å²) >= 11 is 0. The molecule has 1 aliphatic rings. The monoisotopic (exact) mass is 416 g/mol. The van der Waals surface area contributed by atoms with Crippen LogP contribution in [0.2, 0.25) is 0 Å². The van der Waals surface area contributed by atoms with E-state index in [2.05, 4.69) is 29.6 Å². The van der Waals surface area contributed by atoms with Crippen molar-refractivity contribution in [2.24, 2.45) is 0 Å². The molecule has 160 valence electrons. The van der Waals surface area contributed by atoms with E-state index >= 15 is 0 Å². The summed E-state index contributed by atoms with van der Waals surface area (Å²) in [5.74, 6) is 0.971. The van der Waals surface area contributed by atoms with E-state index in [-0.39, 0.29) is 17.7 Å². The van der Waals surface area contributed by atoms with Crippen LogP contribution in [0, 0.1) is 6.92 Å². The average molecular weight is 417 g/mol. The number of amides is 1. The highest BCUT2D eigenvalue weighted by atomic mass is 16.5. The summed E-state index contributed by atoms with van der Waals surface area (Å²) in [5, 5.41) is 12.8. The van der Waals surface area contributed by atoms with Crippen LogP contribution < -0.4 is 15.8 Å². The van der Waals surface area contributed by atoms with Crippen molar-refractivity contribution in [1.29, 1.82) is 0 Å². The van der Waals surface area contributed by atoms with Gasteiger partial charge in [0, 0.05) is 30.2 Å². The van der Waals surface area contributed by atoms with E-state index < -0.39 is 0 Å². The van der Waals surface area contributed by atoms with Crippen LogP contribution in [0.25, 0.3) is 0 Å². The van der Waals surface area contributed by atoms with Gasteiger partial charge in [-0.15, -0.1) is 0 Å². The maximum absolute atomic E-state index is 12.7. The molecule has 1 aliphatic heterocycles. The topological polar surface area (TPSA) is 84.6 Å². The molecule has 0 saturated heterocycles. The van der Waals surface area contributed by atoms with Crippen LogP contribution in [-0.4, -0.2) is 17.6 Å². The number of hydrogen-bond donors (Lipinski definition) is 3. The number of rotatable bonds is 6. The molecular formula is C26H28N2O3. The van der Waals surface area contributed by atoms with Gasteiger partial charge in [0.05, 0.1) is 12.6 Å². The Labute approximate surface area is 182 Å². The first-order valence-corrected chi connectivity index (χ1v) is 10.7. The summed E-state index contributed by atoms with van der Waals surface area (Å²) in [4.78, 5) is 12.7. The number of hydrogen-bond acceptors (Lipinski definition) is 4. The van der Waals surface area contributed by atoms with Gasteiger partial charge in [-0.1, -0.05) is 36.4 Å². The fourth-order valence-corrected chi connectivity index (χ4v) is 4.21. The molecule has 0 aromatic heterocycles. The molecule has 3 aromatic carbocycles. The molecule has 31 heavy (non-hydrogen) atoms. The Morgan fingerprint density at radius 3 is 2.71 bits per heavy atom. The van der Waals surface area contributed by atoms with Crippen molar-refractivity contribution in [1.82, 2.24) is 5.32 Å². The smallest absolute Gasteiger partial charge is 0.220 e. The largest absolute Gasteiger partial charge is 0.508 e. The summed E-state index contributed by atoms with van der Waals surface area (Å²) in [7, 11) is 0. The van der Waals surface area contributed by atoms with Crippen molar-refractivity contribution in [2.45, 2.75) is 38.6 Å². The maximum atomic E-state index is 12.7. The third kappa shape index (κ3) is 5.00. The number of nitrogen functional groups attached to an aromatic ring is 1. The number of aryl methyl sites for hydroxylation is 1. The Kier molecular flexibility index (Phi) is 6.12. The van der Waals surface area contributed by atoms with Crippen LogP contribution in [0.5, 0.6) is 11.5 Å². The second-order valence-corrected chi connectivity index (χ2v) is 8.12. The van der Waals surface area contributed by atoms with Crippen LogP contribution >= 0.6 is 0 Å². The van der Waals surface area contributed by atoms with Gasteiger partial charge in [0.25, 0.3) is 0 Å². The van der Waals surface area contributed by atoms with Crippen LogP contribution in [0.1, 0.15) is 46.7 Å². The SMILES string of the molecule is Cc1cc(O)cc(N)c1CCC(=O)NC1CCOc2ccc(Cc3ccccc3)cc21. The molecular weight excluding hydrogens is 388 g/mol. The van der Waals surface area contributed by atoms with E-state index in [0.717, 1.165) is 35.3 Å². The van der Waals surface area contributed by atoms with Gasteiger partial charge in [0.1, 0.15) is 11.5 Å². The lowest BCUT2D eigenvalue weighted by Gasteiger charge is -2.27. The van der Waals surface area contributed by atoms with E-state index in [9.17, 15) is 9.90 Å². The van der Waals surface area contributed by atoms with Crippen LogP contribution in [0.3, 0.4) is 0 Å². The molecule has 1 heterocycles. The van der Waals surface area contributed by atoms with Crippen molar-refractivity contribution < 1.29 is 14.6 Å². The number of phenolic OH excluding ortho intramolecular Hbond substituents is 1.